The zero-order valence-electron chi connectivity index (χ0n) is 7.93. The van der Waals surface area contributed by atoms with Crippen LogP contribution in [-0.4, -0.2) is 11.7 Å². The first kappa shape index (κ1) is 9.05. The van der Waals surface area contributed by atoms with Gasteiger partial charge in [-0.05, 0) is 30.1 Å². The molecule has 1 rings (SSSR count). The third-order valence-electron chi connectivity index (χ3n) is 3.74. The number of aliphatic hydroxyl groups is 1. The highest BCUT2D eigenvalue weighted by Crippen LogP contribution is 2.47. The molecule has 0 aliphatic heterocycles. The minimum Gasteiger partial charge on any atom is -0.396 e. The second kappa shape index (κ2) is 3.14. The van der Waals surface area contributed by atoms with Crippen LogP contribution < -0.4 is 0 Å². The molecule has 0 saturated heterocycles. The Morgan fingerprint density at radius 1 is 1.55 bits per heavy atom. The Morgan fingerprint density at radius 2 is 2.18 bits per heavy atom. The summed E-state index contributed by atoms with van der Waals surface area (Å²) in [6.07, 6.45) is 3.83. The SMILES string of the molecule is CC(C)C1(C)CCCC1CO. The second-order valence-electron chi connectivity index (χ2n) is 4.43. The molecule has 0 spiro atoms. The van der Waals surface area contributed by atoms with Crippen LogP contribution in [-0.2, 0) is 0 Å². The Bertz CT molecular complexity index is 131. The van der Waals surface area contributed by atoms with Gasteiger partial charge in [-0.25, -0.2) is 0 Å². The average Bonchev–Trinajstić information content (AvgIpc) is 2.32. The monoisotopic (exact) mass is 156 g/mol. The molecular formula is C10H20O. The van der Waals surface area contributed by atoms with Crippen LogP contribution in [0.4, 0.5) is 0 Å². The lowest BCUT2D eigenvalue weighted by atomic mass is 9.71. The quantitative estimate of drug-likeness (QED) is 0.651. The standard InChI is InChI=1S/C10H20O/c1-8(2)10(3)6-4-5-9(10)7-11/h8-9,11H,4-7H2,1-3H3. The van der Waals surface area contributed by atoms with Crippen molar-refractivity contribution < 1.29 is 5.11 Å². The third kappa shape index (κ3) is 1.44. The summed E-state index contributed by atoms with van der Waals surface area (Å²) in [5.41, 5.74) is 0.411. The van der Waals surface area contributed by atoms with E-state index in [-0.39, 0.29) is 0 Å². The molecule has 1 nitrogen and oxygen atoms in total. The molecule has 1 N–H and O–H groups in total. The van der Waals surface area contributed by atoms with E-state index in [4.69, 9.17) is 5.11 Å². The van der Waals surface area contributed by atoms with E-state index in [1.807, 2.05) is 0 Å². The summed E-state index contributed by atoms with van der Waals surface area (Å²) >= 11 is 0. The molecule has 0 aromatic carbocycles. The van der Waals surface area contributed by atoms with Crippen LogP contribution in [0.1, 0.15) is 40.0 Å². The van der Waals surface area contributed by atoms with Crippen LogP contribution in [0, 0.1) is 17.3 Å². The molecule has 1 aliphatic rings. The van der Waals surface area contributed by atoms with E-state index in [1.165, 1.54) is 19.3 Å². The molecule has 0 amide bonds. The predicted molar refractivity (Wildman–Crippen MR) is 47.4 cm³/mol. The van der Waals surface area contributed by atoms with Crippen LogP contribution in [0.25, 0.3) is 0 Å². The summed E-state index contributed by atoms with van der Waals surface area (Å²) in [7, 11) is 0. The molecule has 0 heterocycles. The second-order valence-corrected chi connectivity index (χ2v) is 4.43. The van der Waals surface area contributed by atoms with Crippen LogP contribution >= 0.6 is 0 Å². The van der Waals surface area contributed by atoms with E-state index < -0.39 is 0 Å². The minimum atomic E-state index is 0.384. The van der Waals surface area contributed by atoms with Crippen LogP contribution in [0.15, 0.2) is 0 Å². The van der Waals surface area contributed by atoms with Gasteiger partial charge in [0.05, 0.1) is 0 Å². The van der Waals surface area contributed by atoms with Gasteiger partial charge >= 0.3 is 0 Å². The average molecular weight is 156 g/mol. The van der Waals surface area contributed by atoms with Crippen LogP contribution in [0.5, 0.6) is 0 Å². The maximum atomic E-state index is 9.15. The highest BCUT2D eigenvalue weighted by molar-refractivity contribution is 4.90. The van der Waals surface area contributed by atoms with Crippen molar-refractivity contribution in [1.82, 2.24) is 0 Å². The minimum absolute atomic E-state index is 0.384. The predicted octanol–water partition coefficient (Wildman–Crippen LogP) is 2.44. The molecule has 2 atom stereocenters. The third-order valence-corrected chi connectivity index (χ3v) is 3.74. The first-order valence-corrected chi connectivity index (χ1v) is 4.72. The zero-order chi connectivity index (χ0) is 8.48. The van der Waals surface area contributed by atoms with Gasteiger partial charge in [-0.3, -0.25) is 0 Å². The first-order chi connectivity index (χ1) is 5.11. The van der Waals surface area contributed by atoms with Gasteiger partial charge in [0.25, 0.3) is 0 Å². The molecule has 11 heavy (non-hydrogen) atoms. The molecule has 0 aromatic rings. The van der Waals surface area contributed by atoms with Crippen molar-refractivity contribution in [2.75, 3.05) is 6.61 Å². The lowest BCUT2D eigenvalue weighted by Gasteiger charge is -2.34. The summed E-state index contributed by atoms with van der Waals surface area (Å²) < 4.78 is 0. The van der Waals surface area contributed by atoms with Crippen molar-refractivity contribution in [1.29, 1.82) is 0 Å². The summed E-state index contributed by atoms with van der Waals surface area (Å²) in [5, 5.41) is 9.15. The molecular weight excluding hydrogens is 136 g/mol. The highest BCUT2D eigenvalue weighted by atomic mass is 16.3. The van der Waals surface area contributed by atoms with E-state index in [0.717, 1.165) is 0 Å². The fourth-order valence-electron chi connectivity index (χ4n) is 2.32. The van der Waals surface area contributed by atoms with Gasteiger partial charge in [-0.15, -0.1) is 0 Å². The number of hydrogen-bond donors (Lipinski definition) is 1. The molecule has 66 valence electrons. The van der Waals surface area contributed by atoms with Crippen LogP contribution in [0.3, 0.4) is 0 Å². The Kier molecular flexibility index (Phi) is 2.58. The maximum absolute atomic E-state index is 9.15. The van der Waals surface area contributed by atoms with E-state index in [0.29, 0.717) is 23.9 Å². The van der Waals surface area contributed by atoms with Crippen molar-refractivity contribution in [3.05, 3.63) is 0 Å². The molecule has 1 fully saturated rings. The van der Waals surface area contributed by atoms with Gasteiger partial charge in [-0.2, -0.15) is 0 Å². The van der Waals surface area contributed by atoms with Gasteiger partial charge in [-0.1, -0.05) is 27.2 Å². The van der Waals surface area contributed by atoms with Crippen molar-refractivity contribution in [2.45, 2.75) is 40.0 Å². The van der Waals surface area contributed by atoms with E-state index in [2.05, 4.69) is 20.8 Å². The Balaban J connectivity index is 2.67. The summed E-state index contributed by atoms with van der Waals surface area (Å²) in [6.45, 7) is 7.25. The molecule has 2 unspecified atom stereocenters. The number of rotatable bonds is 2. The summed E-state index contributed by atoms with van der Waals surface area (Å²) in [6, 6.07) is 0. The van der Waals surface area contributed by atoms with Crippen molar-refractivity contribution in [3.63, 3.8) is 0 Å². The van der Waals surface area contributed by atoms with Crippen molar-refractivity contribution in [2.24, 2.45) is 17.3 Å². The normalized spacial score (nSPS) is 38.5. The largest absolute Gasteiger partial charge is 0.396 e. The Labute approximate surface area is 69.8 Å². The fraction of sp³-hybridized carbons (Fsp3) is 1.00. The van der Waals surface area contributed by atoms with Gasteiger partial charge in [0.2, 0.25) is 0 Å². The number of aliphatic hydroxyl groups excluding tert-OH is 1. The van der Waals surface area contributed by atoms with Gasteiger partial charge < -0.3 is 5.11 Å². The molecule has 1 aliphatic carbocycles. The van der Waals surface area contributed by atoms with Gasteiger partial charge in [0, 0.05) is 6.61 Å². The smallest absolute Gasteiger partial charge is 0.0464 e. The lowest BCUT2D eigenvalue weighted by Crippen LogP contribution is -2.29. The Hall–Kier alpha value is -0.0400. The topological polar surface area (TPSA) is 20.2 Å². The highest BCUT2D eigenvalue weighted by Gasteiger charge is 2.40. The molecule has 0 bridgehead atoms. The van der Waals surface area contributed by atoms with Crippen LogP contribution in [0.2, 0.25) is 0 Å². The molecule has 1 heteroatoms. The molecule has 0 aromatic heterocycles. The summed E-state index contributed by atoms with van der Waals surface area (Å²) in [4.78, 5) is 0. The molecule has 1 saturated carbocycles. The Morgan fingerprint density at radius 3 is 2.55 bits per heavy atom. The zero-order valence-corrected chi connectivity index (χ0v) is 7.93. The maximum Gasteiger partial charge on any atom is 0.0464 e. The fourth-order valence-corrected chi connectivity index (χ4v) is 2.32. The van der Waals surface area contributed by atoms with Crippen molar-refractivity contribution >= 4 is 0 Å². The first-order valence-electron chi connectivity index (χ1n) is 4.72. The lowest BCUT2D eigenvalue weighted by molar-refractivity contribution is 0.0884. The number of hydrogen-bond acceptors (Lipinski definition) is 1. The van der Waals surface area contributed by atoms with Gasteiger partial charge in [0.1, 0.15) is 0 Å². The summed E-state index contributed by atoms with van der Waals surface area (Å²) in [5.74, 6) is 1.27. The van der Waals surface area contributed by atoms with E-state index in [1.54, 1.807) is 0 Å². The molecule has 0 radical (unpaired) electrons. The van der Waals surface area contributed by atoms with Gasteiger partial charge in [0.15, 0.2) is 0 Å². The van der Waals surface area contributed by atoms with E-state index >= 15 is 0 Å². The van der Waals surface area contributed by atoms with Crippen molar-refractivity contribution in [3.8, 4) is 0 Å². The van der Waals surface area contributed by atoms with E-state index in [9.17, 15) is 0 Å².